The fourth-order valence-electron chi connectivity index (χ4n) is 2.75. The number of H-pyrrole nitrogens is 1. The highest BCUT2D eigenvalue weighted by Gasteiger charge is 2.33. The van der Waals surface area contributed by atoms with E-state index in [0.29, 0.717) is 23.8 Å². The molecular formula is C17H15ClN4O. The van der Waals surface area contributed by atoms with Gasteiger partial charge >= 0.3 is 6.03 Å². The van der Waals surface area contributed by atoms with Crippen molar-refractivity contribution in [3.8, 4) is 0 Å². The van der Waals surface area contributed by atoms with Crippen molar-refractivity contribution in [2.75, 3.05) is 18.4 Å². The maximum atomic E-state index is 12.2. The van der Waals surface area contributed by atoms with Crippen LogP contribution in [0, 0.1) is 0 Å². The number of amides is 2. The number of nitrogens with zero attached hydrogens (tertiary/aromatic N) is 2. The number of carbonyl (C=O) groups is 1. The van der Waals surface area contributed by atoms with E-state index < -0.39 is 0 Å². The van der Waals surface area contributed by atoms with Crippen LogP contribution in [0.4, 0.5) is 10.5 Å². The van der Waals surface area contributed by atoms with Gasteiger partial charge in [0.1, 0.15) is 5.82 Å². The third-order valence-corrected chi connectivity index (χ3v) is 4.27. The van der Waals surface area contributed by atoms with Crippen LogP contribution in [0.2, 0.25) is 5.02 Å². The zero-order chi connectivity index (χ0) is 15.8. The zero-order valence-corrected chi connectivity index (χ0v) is 13.0. The van der Waals surface area contributed by atoms with Crippen molar-refractivity contribution in [2.24, 2.45) is 0 Å². The van der Waals surface area contributed by atoms with E-state index >= 15 is 0 Å². The molecule has 0 spiro atoms. The minimum absolute atomic E-state index is 0.111. The molecule has 0 saturated carbocycles. The molecule has 1 aromatic heterocycles. The molecule has 0 unspecified atom stereocenters. The van der Waals surface area contributed by atoms with E-state index in [1.807, 2.05) is 36.4 Å². The first-order chi connectivity index (χ1) is 11.2. The number of para-hydroxylation sites is 2. The molecule has 4 rings (SSSR count). The van der Waals surface area contributed by atoms with Crippen molar-refractivity contribution in [3.63, 3.8) is 0 Å². The van der Waals surface area contributed by atoms with E-state index in [4.69, 9.17) is 11.6 Å². The number of likely N-dealkylation sites (tertiary alicyclic amines) is 1. The predicted molar refractivity (Wildman–Crippen MR) is 90.9 cm³/mol. The molecule has 0 atom stereocenters. The summed E-state index contributed by atoms with van der Waals surface area (Å²) >= 11 is 5.92. The van der Waals surface area contributed by atoms with Gasteiger partial charge in [0.05, 0.1) is 17.0 Å². The summed E-state index contributed by atoms with van der Waals surface area (Å²) in [6.45, 7) is 1.32. The van der Waals surface area contributed by atoms with Gasteiger partial charge in [0.25, 0.3) is 0 Å². The quantitative estimate of drug-likeness (QED) is 0.751. The maximum absolute atomic E-state index is 12.2. The van der Waals surface area contributed by atoms with Crippen molar-refractivity contribution in [3.05, 3.63) is 59.4 Å². The average Bonchev–Trinajstić information content (AvgIpc) is 2.89. The normalized spacial score (nSPS) is 14.7. The second-order valence-electron chi connectivity index (χ2n) is 5.68. The molecule has 2 aromatic carbocycles. The molecule has 0 bridgehead atoms. The summed E-state index contributed by atoms with van der Waals surface area (Å²) in [5.41, 5.74) is 2.70. The number of rotatable bonds is 2. The second kappa shape index (κ2) is 5.59. The van der Waals surface area contributed by atoms with Gasteiger partial charge in [-0.05, 0) is 30.3 Å². The number of aromatic nitrogens is 2. The molecule has 2 amide bonds. The number of hydrogen-bond acceptors (Lipinski definition) is 2. The van der Waals surface area contributed by atoms with Crippen LogP contribution in [0.5, 0.6) is 0 Å². The Balaban J connectivity index is 1.40. The Morgan fingerprint density at radius 2 is 2.04 bits per heavy atom. The molecule has 1 fully saturated rings. The lowest BCUT2D eigenvalue weighted by molar-refractivity contribution is 0.161. The highest BCUT2D eigenvalue weighted by Crippen LogP contribution is 2.27. The number of fused-ring (bicyclic) bond motifs is 1. The highest BCUT2D eigenvalue weighted by molar-refractivity contribution is 6.30. The minimum Gasteiger partial charge on any atom is -0.342 e. The molecular weight excluding hydrogens is 312 g/mol. The summed E-state index contributed by atoms with van der Waals surface area (Å²) in [6, 6.07) is 15.0. The van der Waals surface area contributed by atoms with Gasteiger partial charge in [-0.1, -0.05) is 29.8 Å². The van der Waals surface area contributed by atoms with Gasteiger partial charge < -0.3 is 15.2 Å². The molecule has 2 N–H and O–H groups in total. The third kappa shape index (κ3) is 2.75. The Morgan fingerprint density at radius 1 is 1.22 bits per heavy atom. The molecule has 116 valence electrons. The van der Waals surface area contributed by atoms with Crippen molar-refractivity contribution in [2.45, 2.75) is 5.92 Å². The summed E-state index contributed by atoms with van der Waals surface area (Å²) in [5, 5.41) is 3.46. The van der Waals surface area contributed by atoms with Crippen LogP contribution in [0.25, 0.3) is 11.0 Å². The molecule has 0 aliphatic carbocycles. The molecule has 2 heterocycles. The van der Waals surface area contributed by atoms with Crippen LogP contribution >= 0.6 is 11.6 Å². The van der Waals surface area contributed by atoms with Crippen LogP contribution in [-0.2, 0) is 0 Å². The van der Waals surface area contributed by atoms with Crippen molar-refractivity contribution in [1.29, 1.82) is 0 Å². The lowest BCUT2D eigenvalue weighted by Gasteiger charge is -2.37. The van der Waals surface area contributed by atoms with E-state index in [0.717, 1.165) is 16.9 Å². The molecule has 0 radical (unpaired) electrons. The van der Waals surface area contributed by atoms with Gasteiger partial charge in [0.2, 0.25) is 0 Å². The van der Waals surface area contributed by atoms with Crippen LogP contribution in [0.3, 0.4) is 0 Å². The van der Waals surface area contributed by atoms with Crippen molar-refractivity contribution >= 4 is 34.4 Å². The molecule has 6 heteroatoms. The number of imidazole rings is 1. The van der Waals surface area contributed by atoms with Gasteiger partial charge in [-0.25, -0.2) is 9.78 Å². The number of nitrogens with one attached hydrogen (secondary N) is 2. The lowest BCUT2D eigenvalue weighted by atomic mass is 10.0. The topological polar surface area (TPSA) is 61.0 Å². The van der Waals surface area contributed by atoms with E-state index in [9.17, 15) is 4.79 Å². The molecule has 1 saturated heterocycles. The Hall–Kier alpha value is -2.53. The Bertz CT molecular complexity index is 837. The molecule has 1 aliphatic rings. The SMILES string of the molecule is O=C(Nc1cccc(Cl)c1)N1CC(c2nc3ccccc3[nH]2)C1. The van der Waals surface area contributed by atoms with E-state index in [1.54, 1.807) is 17.0 Å². The number of halogens is 1. The summed E-state index contributed by atoms with van der Waals surface area (Å²) in [6.07, 6.45) is 0. The largest absolute Gasteiger partial charge is 0.342 e. The lowest BCUT2D eigenvalue weighted by Crippen LogP contribution is -2.50. The molecule has 1 aliphatic heterocycles. The Morgan fingerprint density at radius 3 is 2.83 bits per heavy atom. The standard InChI is InChI=1S/C17H15ClN4O/c18-12-4-3-5-13(8-12)19-17(23)22-9-11(10-22)16-20-14-6-1-2-7-15(14)21-16/h1-8,11H,9-10H2,(H,19,23)(H,20,21). The maximum Gasteiger partial charge on any atom is 0.321 e. The fraction of sp³-hybridized carbons (Fsp3) is 0.176. The van der Waals surface area contributed by atoms with Gasteiger partial charge in [-0.3, -0.25) is 0 Å². The zero-order valence-electron chi connectivity index (χ0n) is 12.3. The first kappa shape index (κ1) is 14.1. The number of anilines is 1. The summed E-state index contributed by atoms with van der Waals surface area (Å²) in [4.78, 5) is 21.9. The summed E-state index contributed by atoms with van der Waals surface area (Å²) in [5.74, 6) is 1.20. The first-order valence-electron chi connectivity index (χ1n) is 7.45. The second-order valence-corrected chi connectivity index (χ2v) is 6.12. The van der Waals surface area contributed by atoms with Gasteiger partial charge in [-0.2, -0.15) is 0 Å². The number of carbonyl (C=O) groups excluding carboxylic acids is 1. The van der Waals surface area contributed by atoms with E-state index in [2.05, 4.69) is 15.3 Å². The van der Waals surface area contributed by atoms with E-state index in [1.165, 1.54) is 0 Å². The number of benzene rings is 2. The summed E-state index contributed by atoms with van der Waals surface area (Å²) in [7, 11) is 0. The average molecular weight is 327 g/mol. The van der Waals surface area contributed by atoms with Gasteiger partial charge in [-0.15, -0.1) is 0 Å². The molecule has 5 nitrogen and oxygen atoms in total. The van der Waals surface area contributed by atoms with Crippen LogP contribution in [0.1, 0.15) is 11.7 Å². The van der Waals surface area contributed by atoms with Crippen LogP contribution in [0.15, 0.2) is 48.5 Å². The van der Waals surface area contributed by atoms with Crippen LogP contribution < -0.4 is 5.32 Å². The van der Waals surface area contributed by atoms with Crippen molar-refractivity contribution in [1.82, 2.24) is 14.9 Å². The van der Waals surface area contributed by atoms with Crippen molar-refractivity contribution < 1.29 is 4.79 Å². The van der Waals surface area contributed by atoms with Gasteiger partial charge in [0.15, 0.2) is 0 Å². The Labute approximate surface area is 138 Å². The van der Waals surface area contributed by atoms with Gasteiger partial charge in [0, 0.05) is 23.8 Å². The Kier molecular flexibility index (Phi) is 3.42. The highest BCUT2D eigenvalue weighted by atomic mass is 35.5. The minimum atomic E-state index is -0.111. The third-order valence-electron chi connectivity index (χ3n) is 4.04. The molecule has 3 aromatic rings. The number of aromatic amines is 1. The van der Waals surface area contributed by atoms with Crippen LogP contribution in [-0.4, -0.2) is 34.0 Å². The smallest absolute Gasteiger partial charge is 0.321 e. The number of hydrogen-bond donors (Lipinski definition) is 2. The van der Waals surface area contributed by atoms with E-state index in [-0.39, 0.29) is 11.9 Å². The monoisotopic (exact) mass is 326 g/mol. The number of urea groups is 1. The predicted octanol–water partition coefficient (Wildman–Crippen LogP) is 3.85. The fourth-order valence-corrected chi connectivity index (χ4v) is 2.94. The molecule has 23 heavy (non-hydrogen) atoms. The summed E-state index contributed by atoms with van der Waals surface area (Å²) < 4.78 is 0. The first-order valence-corrected chi connectivity index (χ1v) is 7.83.